The third-order valence-electron chi connectivity index (χ3n) is 4.78. The Bertz CT molecular complexity index is 877. The lowest BCUT2D eigenvalue weighted by atomic mass is 10.0. The molecule has 1 saturated heterocycles. The molecule has 0 bridgehead atoms. The van der Waals surface area contributed by atoms with Crippen molar-refractivity contribution in [2.45, 2.75) is 38.3 Å². The Kier molecular flexibility index (Phi) is 6.17. The molecule has 9 heteroatoms. The Morgan fingerprint density at radius 1 is 1.36 bits per heavy atom. The average Bonchev–Trinajstić information content (AvgIpc) is 2.65. The molecule has 1 amide bonds. The summed E-state index contributed by atoms with van der Waals surface area (Å²) in [6, 6.07) is 9.66. The van der Waals surface area contributed by atoms with Gasteiger partial charge >= 0.3 is 0 Å². The molecule has 0 aliphatic carbocycles. The number of aromatic nitrogens is 1. The molecule has 1 aliphatic rings. The quantitative estimate of drug-likeness (QED) is 0.689. The summed E-state index contributed by atoms with van der Waals surface area (Å²) in [7, 11) is 0. The Labute approximate surface area is 164 Å². The number of alkyl halides is 2. The van der Waals surface area contributed by atoms with E-state index in [1.807, 2.05) is 24.3 Å². The molecule has 1 aromatic carbocycles. The van der Waals surface area contributed by atoms with Crippen LogP contribution in [-0.4, -0.2) is 36.5 Å². The summed E-state index contributed by atoms with van der Waals surface area (Å²) in [5.41, 5.74) is 2.07. The molecule has 1 fully saturated rings. The van der Waals surface area contributed by atoms with Crippen molar-refractivity contribution in [1.82, 2.24) is 14.6 Å². The number of halogens is 2. The summed E-state index contributed by atoms with van der Waals surface area (Å²) < 4.78 is 48.8. The molecule has 3 rings (SSSR count). The van der Waals surface area contributed by atoms with Gasteiger partial charge in [-0.2, -0.15) is 13.1 Å². The van der Waals surface area contributed by atoms with Crippen LogP contribution in [0, 0.1) is 0 Å². The second kappa shape index (κ2) is 8.42. The lowest BCUT2D eigenvalue weighted by Crippen LogP contribution is -2.56. The lowest BCUT2D eigenvalue weighted by Gasteiger charge is -2.35. The maximum atomic E-state index is 13.7. The third kappa shape index (κ3) is 4.43. The van der Waals surface area contributed by atoms with Gasteiger partial charge in [0.2, 0.25) is 17.2 Å². The predicted octanol–water partition coefficient (Wildman–Crippen LogP) is 3.08. The van der Waals surface area contributed by atoms with Crippen molar-refractivity contribution in [2.24, 2.45) is 0 Å². The number of amides is 1. The number of pyridine rings is 1. The number of carbonyl (C=O) groups excluding carboxylic acids is 1. The van der Waals surface area contributed by atoms with Crippen molar-refractivity contribution in [3.05, 3.63) is 53.9 Å². The van der Waals surface area contributed by atoms with Gasteiger partial charge < -0.3 is 5.32 Å². The van der Waals surface area contributed by atoms with Crippen LogP contribution in [0.25, 0.3) is 11.1 Å². The maximum Gasteiger partial charge on any atom is 0.289 e. The second-order valence-electron chi connectivity index (χ2n) is 6.58. The van der Waals surface area contributed by atoms with Gasteiger partial charge in [0.1, 0.15) is 11.7 Å². The number of benzene rings is 1. The smallest absolute Gasteiger partial charge is 0.289 e. The predicted molar refractivity (Wildman–Crippen MR) is 102 cm³/mol. The zero-order chi connectivity index (χ0) is 20.3. The van der Waals surface area contributed by atoms with Gasteiger partial charge in [-0.15, -0.1) is 0 Å². The molecule has 2 heterocycles. The fraction of sp³-hybridized carbons (Fsp3) is 0.368. The second-order valence-corrected chi connectivity index (χ2v) is 7.51. The molecule has 1 aromatic heterocycles. The number of carbonyl (C=O) groups is 1. The number of nitrogens with zero attached hydrogens (tertiary/aromatic N) is 2. The van der Waals surface area contributed by atoms with Gasteiger partial charge in [-0.1, -0.05) is 31.2 Å². The van der Waals surface area contributed by atoms with Crippen molar-refractivity contribution in [3.63, 3.8) is 0 Å². The Morgan fingerprint density at radius 2 is 2.14 bits per heavy atom. The molecule has 1 aliphatic heterocycles. The highest BCUT2D eigenvalue weighted by molar-refractivity contribution is 7.76. The van der Waals surface area contributed by atoms with Gasteiger partial charge in [-0.3, -0.25) is 14.3 Å². The average molecular weight is 409 g/mol. The summed E-state index contributed by atoms with van der Waals surface area (Å²) >= 11 is -2.15. The number of nitrogens with one attached hydrogen (secondary N) is 1. The number of rotatable bonds is 7. The molecule has 0 saturated carbocycles. The Balaban J connectivity index is 1.66. The first kappa shape index (κ1) is 20.5. The third-order valence-corrected chi connectivity index (χ3v) is 5.62. The highest BCUT2D eigenvalue weighted by atomic mass is 32.2. The van der Waals surface area contributed by atoms with Crippen LogP contribution in [0.4, 0.5) is 8.78 Å². The van der Waals surface area contributed by atoms with Gasteiger partial charge in [-0.05, 0) is 29.7 Å². The van der Waals surface area contributed by atoms with Crippen LogP contribution in [0.15, 0.2) is 42.6 Å². The fourth-order valence-electron chi connectivity index (χ4n) is 2.94. The summed E-state index contributed by atoms with van der Waals surface area (Å²) in [6.45, 7) is 2.08. The molecule has 28 heavy (non-hydrogen) atoms. The minimum absolute atomic E-state index is 0.256. The lowest BCUT2D eigenvalue weighted by molar-refractivity contribution is -0.127. The van der Waals surface area contributed by atoms with Crippen molar-refractivity contribution in [2.75, 3.05) is 6.54 Å². The van der Waals surface area contributed by atoms with Gasteiger partial charge in [0.25, 0.3) is 5.92 Å². The van der Waals surface area contributed by atoms with Crippen molar-refractivity contribution < 1.29 is 22.3 Å². The monoisotopic (exact) mass is 409 g/mol. The van der Waals surface area contributed by atoms with E-state index in [0.29, 0.717) is 18.5 Å². The molecule has 150 valence electrons. The van der Waals surface area contributed by atoms with Crippen molar-refractivity contribution in [3.8, 4) is 11.1 Å². The molecular formula is C19H21F2N3O3S. The summed E-state index contributed by atoms with van der Waals surface area (Å²) in [5.74, 6) is -3.25. The Morgan fingerprint density at radius 3 is 2.71 bits per heavy atom. The van der Waals surface area contributed by atoms with Crippen LogP contribution in [0.2, 0.25) is 0 Å². The van der Waals surface area contributed by atoms with E-state index in [4.69, 9.17) is 4.55 Å². The first-order chi connectivity index (χ1) is 13.3. The van der Waals surface area contributed by atoms with Gasteiger partial charge in [0.15, 0.2) is 0 Å². The molecule has 2 aromatic rings. The molecule has 6 nitrogen and oxygen atoms in total. The van der Waals surface area contributed by atoms with E-state index >= 15 is 0 Å². The largest absolute Gasteiger partial charge is 0.351 e. The Hall–Kier alpha value is -2.23. The molecule has 2 N–H and O–H groups in total. The summed E-state index contributed by atoms with van der Waals surface area (Å²) in [5, 5.41) is 2.76. The molecule has 0 radical (unpaired) electrons. The van der Waals surface area contributed by atoms with Gasteiger partial charge in [0.05, 0.1) is 0 Å². The number of hydrogen-bond donors (Lipinski definition) is 2. The van der Waals surface area contributed by atoms with Crippen molar-refractivity contribution in [1.29, 1.82) is 0 Å². The van der Waals surface area contributed by atoms with Gasteiger partial charge in [-0.25, -0.2) is 4.21 Å². The van der Waals surface area contributed by atoms with Crippen LogP contribution >= 0.6 is 0 Å². The molecule has 2 atom stereocenters. The minimum atomic E-state index is -2.95. The standard InChI is InChI=1S/C19H21F2N3O3S/c1-2-19(20,21)17-7-6-15(12-22-17)14-5-3-4-13(10-14)11-23-18(25)16-8-9-24(16)28(26)27/h3-7,10,12,16H,2,8-9,11H2,1H3,(H,23,25)(H,26,27). The zero-order valence-electron chi connectivity index (χ0n) is 15.3. The summed E-state index contributed by atoms with van der Waals surface area (Å²) in [6.07, 6.45) is 1.65. The van der Waals surface area contributed by atoms with Gasteiger partial charge in [0, 0.05) is 31.3 Å². The van der Waals surface area contributed by atoms with Crippen LogP contribution in [0.5, 0.6) is 0 Å². The van der Waals surface area contributed by atoms with Crippen molar-refractivity contribution >= 4 is 17.2 Å². The minimum Gasteiger partial charge on any atom is -0.351 e. The highest BCUT2D eigenvalue weighted by Gasteiger charge is 2.37. The van der Waals surface area contributed by atoms with Crippen LogP contribution in [0.3, 0.4) is 0 Å². The fourth-order valence-corrected chi connectivity index (χ4v) is 3.62. The highest BCUT2D eigenvalue weighted by Crippen LogP contribution is 2.31. The molecule has 0 spiro atoms. The zero-order valence-corrected chi connectivity index (χ0v) is 16.1. The normalized spacial score (nSPS) is 18.4. The first-order valence-corrected chi connectivity index (χ1v) is 9.97. The van der Waals surface area contributed by atoms with Crippen LogP contribution in [-0.2, 0) is 28.5 Å². The number of hydrogen-bond acceptors (Lipinski definition) is 3. The topological polar surface area (TPSA) is 82.5 Å². The van der Waals surface area contributed by atoms with E-state index in [1.54, 1.807) is 6.07 Å². The van der Waals surface area contributed by atoms with E-state index in [1.165, 1.54) is 23.5 Å². The van der Waals surface area contributed by atoms with E-state index < -0.39 is 23.2 Å². The SMILES string of the molecule is CCC(F)(F)c1ccc(-c2cccc(CNC(=O)C3CCN3S(=O)O)c2)cn1. The van der Waals surface area contributed by atoms with E-state index in [2.05, 4.69) is 10.3 Å². The van der Waals surface area contributed by atoms with E-state index in [0.717, 1.165) is 11.1 Å². The molecule has 2 unspecified atom stereocenters. The molecular weight excluding hydrogens is 388 g/mol. The van der Waals surface area contributed by atoms with E-state index in [9.17, 15) is 17.8 Å². The van der Waals surface area contributed by atoms with Crippen LogP contribution in [0.1, 0.15) is 31.0 Å². The first-order valence-electron chi connectivity index (χ1n) is 8.91. The maximum absolute atomic E-state index is 13.7. The van der Waals surface area contributed by atoms with E-state index in [-0.39, 0.29) is 24.6 Å². The van der Waals surface area contributed by atoms with Crippen LogP contribution < -0.4 is 5.32 Å². The summed E-state index contributed by atoms with van der Waals surface area (Å²) in [4.78, 5) is 16.0.